The Hall–Kier alpha value is -7.30. The Morgan fingerprint density at radius 2 is 1.27 bits per heavy atom. The lowest BCUT2D eigenvalue weighted by molar-refractivity contribution is -0.142. The molecule has 4 rings (SSSR count). The summed E-state index contributed by atoms with van der Waals surface area (Å²) in [6, 6.07) is -0.649. The van der Waals surface area contributed by atoms with Crippen molar-refractivity contribution in [2.45, 2.75) is 95.0 Å². The molecule has 0 bridgehead atoms. The number of hydrogen-bond acceptors (Lipinski definition) is 11. The number of aliphatic carboxylic acids is 2. The summed E-state index contributed by atoms with van der Waals surface area (Å²) in [6.45, 7) is 3.40. The number of nitrogens with two attached hydrogens (primary N) is 3. The number of amides is 5. The molecule has 0 unspecified atom stereocenters. The van der Waals surface area contributed by atoms with E-state index in [-0.39, 0.29) is 57.5 Å². The van der Waals surface area contributed by atoms with Gasteiger partial charge in [0.1, 0.15) is 30.2 Å². The van der Waals surface area contributed by atoms with Gasteiger partial charge in [-0.15, -0.1) is 0 Å². The Morgan fingerprint density at radius 1 is 0.710 bits per heavy atom. The number of aromatic amines is 3. The molecule has 0 saturated carbocycles. The van der Waals surface area contributed by atoms with Gasteiger partial charge in [-0.25, -0.2) is 14.8 Å². The van der Waals surface area contributed by atoms with Gasteiger partial charge in [0, 0.05) is 73.1 Å². The molecule has 0 saturated heterocycles. The fraction of sp³-hybridized carbons (Fsp3) is 0.436. The van der Waals surface area contributed by atoms with Gasteiger partial charge in [-0.3, -0.25) is 33.8 Å². The monoisotopic (exact) mass is 862 g/mol. The first kappa shape index (κ1) is 47.4. The Morgan fingerprint density at radius 3 is 1.85 bits per heavy atom. The standard InChI is InChI=1S/C39H54N14O9/c1-20(2)32(53-33(56)25(40)9-10-31(54)55)37(60)51-28(12-21-15-46-26-7-4-3-6-24(21)26)35(58)50-29(13-22-16-43-18-47-22)36(59)49-27(8-5-11-45-39(41)42)34(57)52-30(38(61)62)14-23-17-44-19-48-23/h3-4,6-7,15-20,25,27-30,32,46H,5,8-14,40H2,1-2H3,(H,43,47)(H,44,48)(H,49,59)(H,50,58)(H,51,60)(H,52,57)(H,53,56)(H,54,55)(H,61,62)(H4,41,42,45)/t25-,27-,28-,29-,30-,32-/m0/s1. The highest BCUT2D eigenvalue weighted by molar-refractivity contribution is 5.97. The lowest BCUT2D eigenvalue weighted by Gasteiger charge is -2.28. The molecule has 23 nitrogen and oxygen atoms in total. The van der Waals surface area contributed by atoms with Crippen molar-refractivity contribution in [1.29, 1.82) is 0 Å². The Labute approximate surface area is 355 Å². The Balaban J connectivity index is 1.62. The van der Waals surface area contributed by atoms with Crippen molar-refractivity contribution in [3.63, 3.8) is 0 Å². The van der Waals surface area contributed by atoms with E-state index >= 15 is 0 Å². The van der Waals surface area contributed by atoms with Crippen LogP contribution in [-0.2, 0) is 52.8 Å². The Bertz CT molecular complexity index is 2170. The largest absolute Gasteiger partial charge is 0.481 e. The van der Waals surface area contributed by atoms with Gasteiger partial charge >= 0.3 is 11.9 Å². The number of carboxylic acid groups (broad SMARTS) is 2. The second-order valence-electron chi connectivity index (χ2n) is 14.9. The molecule has 334 valence electrons. The van der Waals surface area contributed by atoms with Gasteiger partial charge in [0.15, 0.2) is 5.96 Å². The van der Waals surface area contributed by atoms with Crippen LogP contribution in [0.1, 0.15) is 56.5 Å². The number of H-pyrrole nitrogens is 3. The number of carbonyl (C=O) groups is 7. The van der Waals surface area contributed by atoms with Crippen LogP contribution in [0.4, 0.5) is 0 Å². The number of fused-ring (bicyclic) bond motifs is 1. The van der Waals surface area contributed by atoms with Crippen LogP contribution in [0.2, 0.25) is 0 Å². The zero-order chi connectivity index (χ0) is 45.3. The van der Waals surface area contributed by atoms with E-state index in [1.54, 1.807) is 26.1 Å². The molecule has 0 aliphatic heterocycles. The molecule has 6 atom stereocenters. The van der Waals surface area contributed by atoms with E-state index in [1.807, 2.05) is 18.2 Å². The summed E-state index contributed by atoms with van der Waals surface area (Å²) < 4.78 is 0. The van der Waals surface area contributed by atoms with Gasteiger partial charge < -0.3 is 68.9 Å². The van der Waals surface area contributed by atoms with Crippen LogP contribution in [0.3, 0.4) is 0 Å². The normalized spacial score (nSPS) is 14.1. The van der Waals surface area contributed by atoms with Crippen molar-refractivity contribution in [2.24, 2.45) is 28.1 Å². The quantitative estimate of drug-likeness (QED) is 0.0196. The number of hydrogen-bond donors (Lipinski definition) is 13. The van der Waals surface area contributed by atoms with Crippen molar-refractivity contribution in [1.82, 2.24) is 51.5 Å². The summed E-state index contributed by atoms with van der Waals surface area (Å²) in [5.74, 6) is -7.20. The molecule has 3 aromatic heterocycles. The minimum atomic E-state index is -1.41. The molecule has 0 fully saturated rings. The fourth-order valence-corrected chi connectivity index (χ4v) is 6.43. The van der Waals surface area contributed by atoms with Crippen molar-refractivity contribution >= 4 is 58.3 Å². The minimum Gasteiger partial charge on any atom is -0.481 e. The van der Waals surface area contributed by atoms with Gasteiger partial charge in [0.05, 0.1) is 18.7 Å². The third-order valence-electron chi connectivity index (χ3n) is 9.77. The highest BCUT2D eigenvalue weighted by Crippen LogP contribution is 2.20. The lowest BCUT2D eigenvalue weighted by atomic mass is 9.99. The topological polar surface area (TPSA) is 384 Å². The van der Waals surface area contributed by atoms with Gasteiger partial charge in [-0.05, 0) is 36.8 Å². The van der Waals surface area contributed by atoms with Gasteiger partial charge in [0.2, 0.25) is 29.5 Å². The number of guanidine groups is 1. The predicted octanol–water partition coefficient (Wildman–Crippen LogP) is -1.95. The third kappa shape index (κ3) is 14.5. The molecular formula is C39H54N14O9. The van der Waals surface area contributed by atoms with E-state index in [4.69, 9.17) is 22.3 Å². The van der Waals surface area contributed by atoms with E-state index in [0.29, 0.717) is 17.0 Å². The summed E-state index contributed by atoms with van der Waals surface area (Å²) in [6.07, 6.45) is 6.45. The lowest BCUT2D eigenvalue weighted by Crippen LogP contribution is -2.60. The van der Waals surface area contributed by atoms with E-state index in [9.17, 15) is 38.7 Å². The number of imidazole rings is 2. The van der Waals surface area contributed by atoms with E-state index in [0.717, 1.165) is 10.9 Å². The molecule has 23 heteroatoms. The first-order valence-electron chi connectivity index (χ1n) is 19.8. The molecule has 16 N–H and O–H groups in total. The number of nitrogens with zero attached hydrogens (tertiary/aromatic N) is 3. The van der Waals surface area contributed by atoms with Gasteiger partial charge in [-0.2, -0.15) is 0 Å². The van der Waals surface area contributed by atoms with Crippen LogP contribution < -0.4 is 43.8 Å². The summed E-state index contributed by atoms with van der Waals surface area (Å²) in [7, 11) is 0. The number of rotatable bonds is 25. The number of carboxylic acids is 2. The molecule has 0 radical (unpaired) electrons. The molecule has 4 aromatic rings. The van der Waals surface area contributed by atoms with Crippen molar-refractivity contribution in [2.75, 3.05) is 6.54 Å². The van der Waals surface area contributed by atoms with Crippen molar-refractivity contribution in [3.8, 4) is 0 Å². The summed E-state index contributed by atoms with van der Waals surface area (Å²) in [5.41, 5.74) is 19.1. The minimum absolute atomic E-state index is 0.0446. The number of carbonyl (C=O) groups excluding carboxylic acids is 5. The molecule has 5 amide bonds. The van der Waals surface area contributed by atoms with Crippen molar-refractivity contribution in [3.05, 3.63) is 72.5 Å². The predicted molar refractivity (Wildman–Crippen MR) is 223 cm³/mol. The van der Waals surface area contributed by atoms with Gasteiger partial charge in [0.25, 0.3) is 0 Å². The number of para-hydroxylation sites is 1. The second kappa shape index (κ2) is 22.9. The molecule has 0 aliphatic rings. The zero-order valence-electron chi connectivity index (χ0n) is 34.2. The second-order valence-corrected chi connectivity index (χ2v) is 14.9. The highest BCUT2D eigenvalue weighted by Gasteiger charge is 2.34. The maximum absolute atomic E-state index is 14.4. The first-order valence-corrected chi connectivity index (χ1v) is 19.8. The summed E-state index contributed by atoms with van der Waals surface area (Å²) in [4.78, 5) is 113. The van der Waals surface area contributed by atoms with E-state index in [2.05, 4.69) is 56.5 Å². The first-order chi connectivity index (χ1) is 29.5. The Kier molecular flexibility index (Phi) is 17.5. The van der Waals surface area contributed by atoms with Crippen LogP contribution in [0, 0.1) is 5.92 Å². The summed E-state index contributed by atoms with van der Waals surface area (Å²) in [5, 5.41) is 32.8. The highest BCUT2D eigenvalue weighted by atomic mass is 16.4. The number of nitrogens with one attached hydrogen (secondary N) is 8. The van der Waals surface area contributed by atoms with E-state index < -0.39 is 83.6 Å². The van der Waals surface area contributed by atoms with Crippen LogP contribution >= 0.6 is 0 Å². The maximum Gasteiger partial charge on any atom is 0.326 e. The average Bonchev–Trinajstić information content (AvgIpc) is 4.02. The molecule has 0 spiro atoms. The fourth-order valence-electron chi connectivity index (χ4n) is 6.43. The van der Waals surface area contributed by atoms with Crippen LogP contribution in [-0.4, -0.2) is 125 Å². The van der Waals surface area contributed by atoms with Crippen LogP contribution in [0.15, 0.2) is 60.5 Å². The molecule has 1 aromatic carbocycles. The van der Waals surface area contributed by atoms with Crippen LogP contribution in [0.25, 0.3) is 10.9 Å². The average molecular weight is 863 g/mol. The number of benzene rings is 1. The maximum atomic E-state index is 14.4. The molecule has 3 heterocycles. The molecule has 0 aliphatic carbocycles. The number of aromatic nitrogens is 5. The zero-order valence-corrected chi connectivity index (χ0v) is 34.2. The van der Waals surface area contributed by atoms with E-state index in [1.165, 1.54) is 25.0 Å². The number of aliphatic imine (C=N–C) groups is 1. The third-order valence-corrected chi connectivity index (χ3v) is 9.77. The van der Waals surface area contributed by atoms with Gasteiger partial charge in [-0.1, -0.05) is 32.0 Å². The summed E-state index contributed by atoms with van der Waals surface area (Å²) >= 11 is 0. The molecule has 62 heavy (non-hydrogen) atoms. The van der Waals surface area contributed by atoms with Crippen molar-refractivity contribution < 1.29 is 43.8 Å². The smallest absolute Gasteiger partial charge is 0.326 e. The van der Waals surface area contributed by atoms with Crippen LogP contribution in [0.5, 0.6) is 0 Å². The molecular weight excluding hydrogens is 809 g/mol. The SMILES string of the molecule is CC(C)[C@H](NC(=O)[C@@H](N)CCC(=O)O)C(=O)N[C@@H](Cc1c[nH]c2ccccc12)C(=O)N[C@@H](Cc1cnc[nH]1)C(=O)N[C@@H](CCCN=C(N)N)C(=O)N[C@@H](Cc1cnc[nH]1)C(=O)O.